The molecule has 0 bridgehead atoms. The molecule has 1 unspecified atom stereocenters. The number of nitrogens with one attached hydrogen (secondary N) is 1. The number of alkyl halides is 1. The highest BCUT2D eigenvalue weighted by atomic mass is 35.5. The van der Waals surface area contributed by atoms with E-state index in [-0.39, 0.29) is 17.7 Å². The van der Waals surface area contributed by atoms with E-state index in [9.17, 15) is 9.59 Å². The van der Waals surface area contributed by atoms with Gasteiger partial charge < -0.3 is 4.57 Å². The molecule has 0 saturated carbocycles. The lowest BCUT2D eigenvalue weighted by atomic mass is 10.1. The molecule has 2 amide bonds. The van der Waals surface area contributed by atoms with Crippen molar-refractivity contribution in [3.05, 3.63) is 29.6 Å². The zero-order valence-electron chi connectivity index (χ0n) is 11.0. The van der Waals surface area contributed by atoms with Crippen molar-refractivity contribution in [3.8, 4) is 0 Å². The summed E-state index contributed by atoms with van der Waals surface area (Å²) in [4.78, 5) is 27.8. The molecule has 5 nitrogen and oxygen atoms in total. The summed E-state index contributed by atoms with van der Waals surface area (Å²) in [5, 5.41) is 2.38. The van der Waals surface area contributed by atoms with Crippen molar-refractivity contribution < 1.29 is 9.59 Å². The molecular weight excluding hydrogens is 278 g/mol. The third-order valence-electron chi connectivity index (χ3n) is 3.56. The fourth-order valence-corrected chi connectivity index (χ4v) is 2.82. The lowest BCUT2D eigenvalue weighted by molar-refractivity contribution is -0.135. The molecule has 1 atom stereocenters. The van der Waals surface area contributed by atoms with Crippen LogP contribution in [0.5, 0.6) is 0 Å². The largest absolute Gasteiger partial charge is 0.314 e. The van der Waals surface area contributed by atoms with Gasteiger partial charge in [0.1, 0.15) is 11.9 Å². The maximum Gasteiger partial charge on any atom is 0.249 e. The van der Waals surface area contributed by atoms with Crippen LogP contribution in [0.15, 0.2) is 18.2 Å². The molecule has 1 N–H and O–H groups in total. The summed E-state index contributed by atoms with van der Waals surface area (Å²) in [7, 11) is 0. The minimum Gasteiger partial charge on any atom is -0.314 e. The van der Waals surface area contributed by atoms with Crippen molar-refractivity contribution in [3.63, 3.8) is 0 Å². The number of hydrogen-bond acceptors (Lipinski definition) is 3. The number of amides is 2. The Kier molecular flexibility index (Phi) is 3.22. The Morgan fingerprint density at radius 1 is 1.45 bits per heavy atom. The number of aryl methyl sites for hydroxylation is 1. The molecule has 0 aliphatic carbocycles. The molecule has 0 radical (unpaired) electrons. The van der Waals surface area contributed by atoms with Crippen LogP contribution in [0, 0.1) is 6.92 Å². The minimum atomic E-state index is -0.422. The summed E-state index contributed by atoms with van der Waals surface area (Å²) >= 11 is 5.96. The molecule has 1 aromatic heterocycles. The van der Waals surface area contributed by atoms with Crippen LogP contribution in [0.1, 0.15) is 30.3 Å². The van der Waals surface area contributed by atoms with Crippen LogP contribution < -0.4 is 5.32 Å². The van der Waals surface area contributed by atoms with E-state index >= 15 is 0 Å². The molecule has 104 valence electrons. The van der Waals surface area contributed by atoms with Crippen LogP contribution in [-0.2, 0) is 15.5 Å². The van der Waals surface area contributed by atoms with Crippen molar-refractivity contribution in [2.75, 3.05) is 0 Å². The molecule has 1 aromatic carbocycles. The Labute approximate surface area is 120 Å². The maximum absolute atomic E-state index is 12.1. The van der Waals surface area contributed by atoms with Crippen LogP contribution in [0.3, 0.4) is 0 Å². The van der Waals surface area contributed by atoms with Gasteiger partial charge in [0.25, 0.3) is 0 Å². The molecule has 1 aliphatic rings. The van der Waals surface area contributed by atoms with E-state index in [1.807, 2.05) is 29.7 Å². The van der Waals surface area contributed by atoms with E-state index in [0.29, 0.717) is 18.7 Å². The van der Waals surface area contributed by atoms with Crippen LogP contribution in [0.4, 0.5) is 0 Å². The lowest BCUT2D eigenvalue weighted by Crippen LogP contribution is -2.42. The average molecular weight is 292 g/mol. The van der Waals surface area contributed by atoms with Gasteiger partial charge in [0, 0.05) is 6.42 Å². The first-order chi connectivity index (χ1) is 9.60. The number of aromatic nitrogens is 2. The Morgan fingerprint density at radius 3 is 2.95 bits per heavy atom. The first-order valence-electron chi connectivity index (χ1n) is 6.47. The molecule has 1 aliphatic heterocycles. The summed E-state index contributed by atoms with van der Waals surface area (Å²) in [6.45, 7) is 1.99. The summed E-state index contributed by atoms with van der Waals surface area (Å²) in [5.74, 6) is 0.374. The Balaban J connectivity index is 2.14. The van der Waals surface area contributed by atoms with Crippen molar-refractivity contribution in [2.45, 2.75) is 31.7 Å². The van der Waals surface area contributed by atoms with Gasteiger partial charge in [0.15, 0.2) is 0 Å². The predicted molar refractivity (Wildman–Crippen MR) is 75.4 cm³/mol. The van der Waals surface area contributed by atoms with E-state index < -0.39 is 6.04 Å². The summed E-state index contributed by atoms with van der Waals surface area (Å²) in [6, 6.07) is 5.46. The van der Waals surface area contributed by atoms with E-state index in [1.165, 1.54) is 0 Å². The van der Waals surface area contributed by atoms with Gasteiger partial charge in [-0.15, -0.1) is 11.6 Å². The normalized spacial score (nSPS) is 19.4. The van der Waals surface area contributed by atoms with E-state index in [2.05, 4.69) is 10.3 Å². The van der Waals surface area contributed by atoms with Crippen LogP contribution >= 0.6 is 11.6 Å². The third-order valence-corrected chi connectivity index (χ3v) is 3.80. The average Bonchev–Trinajstić information content (AvgIpc) is 2.76. The number of carbonyl (C=O) groups is 2. The van der Waals surface area contributed by atoms with Gasteiger partial charge in [-0.2, -0.15) is 0 Å². The van der Waals surface area contributed by atoms with Crippen LogP contribution in [0.2, 0.25) is 0 Å². The standard InChI is InChI=1S/C14H14ClN3O2/c1-8-2-3-10-9(6-8)16-12(7-15)18(10)11-4-5-13(19)17-14(11)20/h2-3,6,11H,4-5,7H2,1H3,(H,17,19,20). The number of piperidine rings is 1. The molecular formula is C14H14ClN3O2. The Morgan fingerprint density at radius 2 is 2.25 bits per heavy atom. The quantitative estimate of drug-likeness (QED) is 0.680. The van der Waals surface area contributed by atoms with E-state index in [1.54, 1.807) is 0 Å². The van der Waals surface area contributed by atoms with Gasteiger partial charge in [-0.3, -0.25) is 14.9 Å². The molecule has 2 aromatic rings. The number of carbonyl (C=O) groups excluding carboxylic acids is 2. The number of nitrogens with zero attached hydrogens (tertiary/aromatic N) is 2. The number of rotatable bonds is 2. The summed E-state index contributed by atoms with van der Waals surface area (Å²) in [5.41, 5.74) is 2.80. The highest BCUT2D eigenvalue weighted by Gasteiger charge is 2.30. The van der Waals surface area contributed by atoms with Gasteiger partial charge >= 0.3 is 0 Å². The lowest BCUT2D eigenvalue weighted by Gasteiger charge is -2.24. The van der Waals surface area contributed by atoms with Crippen molar-refractivity contribution >= 4 is 34.4 Å². The van der Waals surface area contributed by atoms with Crippen molar-refractivity contribution in [1.82, 2.24) is 14.9 Å². The summed E-state index contributed by atoms with van der Waals surface area (Å²) < 4.78 is 1.85. The topological polar surface area (TPSA) is 64.0 Å². The van der Waals surface area contributed by atoms with E-state index in [0.717, 1.165) is 16.6 Å². The monoisotopic (exact) mass is 291 g/mol. The molecule has 1 fully saturated rings. The van der Waals surface area contributed by atoms with Crippen molar-refractivity contribution in [1.29, 1.82) is 0 Å². The number of halogens is 1. The van der Waals surface area contributed by atoms with Crippen molar-refractivity contribution in [2.24, 2.45) is 0 Å². The Bertz CT molecular complexity index is 708. The third kappa shape index (κ3) is 2.08. The van der Waals surface area contributed by atoms with Crippen LogP contribution in [0.25, 0.3) is 11.0 Å². The summed E-state index contributed by atoms with van der Waals surface area (Å²) in [6.07, 6.45) is 0.817. The first-order valence-corrected chi connectivity index (χ1v) is 7.00. The Hall–Kier alpha value is -1.88. The smallest absolute Gasteiger partial charge is 0.249 e. The maximum atomic E-state index is 12.1. The molecule has 6 heteroatoms. The number of hydrogen-bond donors (Lipinski definition) is 1. The first kappa shape index (κ1) is 13.1. The second-order valence-corrected chi connectivity index (χ2v) is 5.26. The predicted octanol–water partition coefficient (Wildman–Crippen LogP) is 2.06. The second-order valence-electron chi connectivity index (χ2n) is 4.99. The highest BCUT2D eigenvalue weighted by Crippen LogP contribution is 2.27. The second kappa shape index (κ2) is 4.90. The molecule has 2 heterocycles. The zero-order valence-corrected chi connectivity index (χ0v) is 11.8. The van der Waals surface area contributed by atoms with Gasteiger partial charge in [-0.25, -0.2) is 4.98 Å². The fraction of sp³-hybridized carbons (Fsp3) is 0.357. The molecule has 0 spiro atoms. The van der Waals surface area contributed by atoms with Gasteiger partial charge in [-0.1, -0.05) is 6.07 Å². The molecule has 20 heavy (non-hydrogen) atoms. The number of imidazole rings is 1. The number of imide groups is 1. The SMILES string of the molecule is Cc1ccc2c(c1)nc(CCl)n2C1CCC(=O)NC1=O. The van der Waals surface area contributed by atoms with Crippen LogP contribution in [-0.4, -0.2) is 21.4 Å². The van der Waals surface area contributed by atoms with Gasteiger partial charge in [0.2, 0.25) is 11.8 Å². The highest BCUT2D eigenvalue weighted by molar-refractivity contribution is 6.17. The number of benzene rings is 1. The zero-order chi connectivity index (χ0) is 14.3. The minimum absolute atomic E-state index is 0.223. The molecule has 1 saturated heterocycles. The molecule has 3 rings (SSSR count). The number of fused-ring (bicyclic) bond motifs is 1. The van der Waals surface area contributed by atoms with Gasteiger partial charge in [0.05, 0.1) is 16.9 Å². The fourth-order valence-electron chi connectivity index (χ4n) is 2.63. The van der Waals surface area contributed by atoms with E-state index in [4.69, 9.17) is 11.6 Å². The van der Waals surface area contributed by atoms with Gasteiger partial charge in [-0.05, 0) is 31.0 Å².